The predicted octanol–water partition coefficient (Wildman–Crippen LogP) is 3.28. The Bertz CT molecular complexity index is 496. The van der Waals surface area contributed by atoms with Crippen molar-refractivity contribution in [3.63, 3.8) is 0 Å². The summed E-state index contributed by atoms with van der Waals surface area (Å²) in [7, 11) is 1.88. The van der Waals surface area contributed by atoms with Gasteiger partial charge in [0.2, 0.25) is 0 Å². The molecule has 0 saturated carbocycles. The predicted molar refractivity (Wildman–Crippen MR) is 69.8 cm³/mol. The molecule has 1 heterocycles. The van der Waals surface area contributed by atoms with Gasteiger partial charge in [0.05, 0.1) is 6.20 Å². The maximum Gasteiger partial charge on any atom is 0.126 e. The van der Waals surface area contributed by atoms with Crippen LogP contribution in [0.2, 0.25) is 0 Å². The fraction of sp³-hybridized carbons (Fsp3) is 0.308. The van der Waals surface area contributed by atoms with E-state index < -0.39 is 0 Å². The van der Waals surface area contributed by atoms with Gasteiger partial charge >= 0.3 is 0 Å². The SMILES string of the molecule is Cn1cc(CC(CBr)c2ccccc2F)cn1. The Hall–Kier alpha value is -1.16. The quantitative estimate of drug-likeness (QED) is 0.792. The summed E-state index contributed by atoms with van der Waals surface area (Å²) < 4.78 is 15.5. The first-order valence-corrected chi connectivity index (χ1v) is 6.60. The fourth-order valence-electron chi connectivity index (χ4n) is 1.92. The Morgan fingerprint density at radius 3 is 2.76 bits per heavy atom. The highest BCUT2D eigenvalue weighted by Gasteiger charge is 2.15. The van der Waals surface area contributed by atoms with Gasteiger partial charge in [-0.2, -0.15) is 5.10 Å². The summed E-state index contributed by atoms with van der Waals surface area (Å²) in [5.74, 6) is 0.00115. The number of hydrogen-bond donors (Lipinski definition) is 0. The van der Waals surface area contributed by atoms with Crippen molar-refractivity contribution in [2.75, 3.05) is 5.33 Å². The van der Waals surface area contributed by atoms with Crippen LogP contribution in [0.15, 0.2) is 36.7 Å². The van der Waals surface area contributed by atoms with Gasteiger partial charge in [0.15, 0.2) is 0 Å². The first-order chi connectivity index (χ1) is 8.20. The van der Waals surface area contributed by atoms with Crippen molar-refractivity contribution >= 4 is 15.9 Å². The van der Waals surface area contributed by atoms with E-state index in [1.54, 1.807) is 10.7 Å². The van der Waals surface area contributed by atoms with Crippen LogP contribution in [-0.4, -0.2) is 15.1 Å². The zero-order valence-electron chi connectivity index (χ0n) is 9.61. The van der Waals surface area contributed by atoms with Crippen LogP contribution in [0.5, 0.6) is 0 Å². The van der Waals surface area contributed by atoms with E-state index in [9.17, 15) is 4.39 Å². The van der Waals surface area contributed by atoms with Crippen LogP contribution in [-0.2, 0) is 13.5 Å². The second-order valence-electron chi connectivity index (χ2n) is 4.10. The molecule has 1 aromatic carbocycles. The van der Waals surface area contributed by atoms with Crippen LogP contribution in [0.25, 0.3) is 0 Å². The third-order valence-electron chi connectivity index (χ3n) is 2.77. The maximum atomic E-state index is 13.7. The van der Waals surface area contributed by atoms with Crippen molar-refractivity contribution in [3.05, 3.63) is 53.6 Å². The van der Waals surface area contributed by atoms with Crippen LogP contribution in [0.4, 0.5) is 4.39 Å². The molecule has 0 aliphatic heterocycles. The first kappa shape index (κ1) is 12.3. The van der Waals surface area contributed by atoms with Crippen molar-refractivity contribution in [1.29, 1.82) is 0 Å². The van der Waals surface area contributed by atoms with Gasteiger partial charge in [-0.3, -0.25) is 4.68 Å². The molecule has 2 rings (SSSR count). The summed E-state index contributed by atoms with van der Waals surface area (Å²) in [5, 5.41) is 4.87. The number of nitrogens with zero attached hydrogens (tertiary/aromatic N) is 2. The summed E-state index contributed by atoms with van der Waals surface area (Å²) in [6.07, 6.45) is 4.59. The molecule has 0 spiro atoms. The van der Waals surface area contributed by atoms with Gasteiger partial charge in [0.25, 0.3) is 0 Å². The van der Waals surface area contributed by atoms with E-state index in [0.717, 1.165) is 22.9 Å². The lowest BCUT2D eigenvalue weighted by molar-refractivity contribution is 0.590. The largest absolute Gasteiger partial charge is 0.276 e. The Balaban J connectivity index is 2.20. The van der Waals surface area contributed by atoms with Crippen LogP contribution >= 0.6 is 15.9 Å². The Morgan fingerprint density at radius 1 is 1.41 bits per heavy atom. The first-order valence-electron chi connectivity index (χ1n) is 5.48. The fourth-order valence-corrected chi connectivity index (χ4v) is 2.49. The number of aryl methyl sites for hydroxylation is 1. The van der Waals surface area contributed by atoms with Crippen molar-refractivity contribution < 1.29 is 4.39 Å². The molecule has 2 nitrogen and oxygen atoms in total. The normalized spacial score (nSPS) is 12.6. The van der Waals surface area contributed by atoms with Crippen molar-refractivity contribution in [2.45, 2.75) is 12.3 Å². The zero-order valence-corrected chi connectivity index (χ0v) is 11.2. The topological polar surface area (TPSA) is 17.8 Å². The molecule has 2 aromatic rings. The lowest BCUT2D eigenvalue weighted by Crippen LogP contribution is -2.06. The molecule has 0 amide bonds. The molecule has 1 unspecified atom stereocenters. The number of alkyl halides is 1. The highest BCUT2D eigenvalue weighted by Crippen LogP contribution is 2.25. The van der Waals surface area contributed by atoms with Gasteiger partial charge in [-0.15, -0.1) is 0 Å². The summed E-state index contributed by atoms with van der Waals surface area (Å²) in [6.45, 7) is 0. The lowest BCUT2D eigenvalue weighted by atomic mass is 9.95. The summed E-state index contributed by atoms with van der Waals surface area (Å²) in [6, 6.07) is 6.94. The van der Waals surface area contributed by atoms with Gasteiger partial charge in [-0.25, -0.2) is 4.39 Å². The van der Waals surface area contributed by atoms with E-state index >= 15 is 0 Å². The number of halogens is 2. The van der Waals surface area contributed by atoms with Crippen LogP contribution in [0, 0.1) is 5.82 Å². The Morgan fingerprint density at radius 2 is 2.18 bits per heavy atom. The monoisotopic (exact) mass is 296 g/mol. The number of rotatable bonds is 4. The molecule has 1 atom stereocenters. The van der Waals surface area contributed by atoms with Gasteiger partial charge in [-0.1, -0.05) is 34.1 Å². The molecule has 4 heteroatoms. The Kier molecular flexibility index (Phi) is 3.94. The second kappa shape index (κ2) is 5.45. The maximum absolute atomic E-state index is 13.7. The molecule has 0 fully saturated rings. The van der Waals surface area contributed by atoms with Crippen molar-refractivity contribution in [2.24, 2.45) is 7.05 Å². The molecular weight excluding hydrogens is 283 g/mol. The van der Waals surface area contributed by atoms with E-state index in [0.29, 0.717) is 0 Å². The van der Waals surface area contributed by atoms with E-state index in [1.807, 2.05) is 31.6 Å². The van der Waals surface area contributed by atoms with Crippen LogP contribution in [0.1, 0.15) is 17.0 Å². The van der Waals surface area contributed by atoms with E-state index in [1.165, 1.54) is 6.07 Å². The zero-order chi connectivity index (χ0) is 12.3. The molecule has 0 radical (unpaired) electrons. The molecule has 90 valence electrons. The number of benzene rings is 1. The molecular formula is C13H14BrFN2. The molecule has 0 bridgehead atoms. The standard InChI is InChI=1S/C13H14BrFN2/c1-17-9-10(8-16-17)6-11(7-14)12-4-2-3-5-13(12)15/h2-5,8-9,11H,6-7H2,1H3. The van der Waals surface area contributed by atoms with Gasteiger partial charge in [-0.05, 0) is 23.6 Å². The van der Waals surface area contributed by atoms with Crippen LogP contribution < -0.4 is 0 Å². The minimum atomic E-state index is -0.138. The molecule has 1 aromatic heterocycles. The highest BCUT2D eigenvalue weighted by atomic mass is 79.9. The lowest BCUT2D eigenvalue weighted by Gasteiger charge is -2.14. The third kappa shape index (κ3) is 2.94. The third-order valence-corrected chi connectivity index (χ3v) is 3.55. The molecule has 0 aliphatic rings. The average Bonchev–Trinajstić information content (AvgIpc) is 2.73. The number of aromatic nitrogens is 2. The van der Waals surface area contributed by atoms with E-state index in [2.05, 4.69) is 21.0 Å². The summed E-state index contributed by atoms with van der Waals surface area (Å²) >= 11 is 3.46. The summed E-state index contributed by atoms with van der Waals surface area (Å²) in [4.78, 5) is 0. The second-order valence-corrected chi connectivity index (χ2v) is 4.75. The van der Waals surface area contributed by atoms with Crippen molar-refractivity contribution in [1.82, 2.24) is 9.78 Å². The van der Waals surface area contributed by atoms with Crippen LogP contribution in [0.3, 0.4) is 0 Å². The minimum Gasteiger partial charge on any atom is -0.276 e. The van der Waals surface area contributed by atoms with Crippen molar-refractivity contribution in [3.8, 4) is 0 Å². The van der Waals surface area contributed by atoms with Gasteiger partial charge in [0, 0.05) is 24.5 Å². The average molecular weight is 297 g/mol. The number of hydrogen-bond acceptors (Lipinski definition) is 1. The molecule has 0 N–H and O–H groups in total. The van der Waals surface area contributed by atoms with Gasteiger partial charge < -0.3 is 0 Å². The minimum absolute atomic E-state index is 0.138. The highest BCUT2D eigenvalue weighted by molar-refractivity contribution is 9.09. The Labute approximate surface area is 109 Å². The molecule has 0 saturated heterocycles. The van der Waals surface area contributed by atoms with E-state index in [4.69, 9.17) is 0 Å². The smallest absolute Gasteiger partial charge is 0.126 e. The molecule has 17 heavy (non-hydrogen) atoms. The van der Waals surface area contributed by atoms with E-state index in [-0.39, 0.29) is 11.7 Å². The molecule has 0 aliphatic carbocycles. The summed E-state index contributed by atoms with van der Waals surface area (Å²) in [5.41, 5.74) is 1.88. The van der Waals surface area contributed by atoms with Gasteiger partial charge in [0.1, 0.15) is 5.82 Å².